The smallest absolute Gasteiger partial charge is 0.305 e. The Morgan fingerprint density at radius 3 is 2.88 bits per heavy atom. The average Bonchev–Trinajstić information content (AvgIpc) is 3.09. The van der Waals surface area contributed by atoms with Gasteiger partial charge in [-0.2, -0.15) is 5.10 Å². The minimum absolute atomic E-state index is 0.168. The zero-order chi connectivity index (χ0) is 18.1. The summed E-state index contributed by atoms with van der Waals surface area (Å²) in [5.41, 5.74) is 4.55. The van der Waals surface area contributed by atoms with Gasteiger partial charge in [-0.3, -0.25) is 10.2 Å². The van der Waals surface area contributed by atoms with E-state index in [4.69, 9.17) is 21.7 Å². The lowest BCUT2D eigenvalue weighted by atomic mass is 10.1. The molecule has 25 heavy (non-hydrogen) atoms. The van der Waals surface area contributed by atoms with Gasteiger partial charge in [0.1, 0.15) is 0 Å². The quantitative estimate of drug-likeness (QED) is 0.241. The Labute approximate surface area is 152 Å². The first-order valence-electron chi connectivity index (χ1n) is 8.15. The first-order valence-corrected chi connectivity index (χ1v) is 8.56. The summed E-state index contributed by atoms with van der Waals surface area (Å²) in [5, 5.41) is 7.83. The number of esters is 1. The van der Waals surface area contributed by atoms with Crippen molar-refractivity contribution in [2.24, 2.45) is 5.10 Å². The van der Waals surface area contributed by atoms with Crippen molar-refractivity contribution in [3.63, 3.8) is 0 Å². The molecule has 2 N–H and O–H groups in total. The van der Waals surface area contributed by atoms with E-state index in [1.54, 1.807) is 0 Å². The number of thiocarbonyl (C=S) groups is 1. The van der Waals surface area contributed by atoms with Crippen molar-refractivity contribution < 1.29 is 19.0 Å². The second-order valence-corrected chi connectivity index (χ2v) is 5.93. The second-order valence-electron chi connectivity index (χ2n) is 5.52. The van der Waals surface area contributed by atoms with Crippen molar-refractivity contribution in [3.05, 3.63) is 23.8 Å². The average molecular weight is 365 g/mol. The van der Waals surface area contributed by atoms with Crippen molar-refractivity contribution in [1.29, 1.82) is 0 Å². The van der Waals surface area contributed by atoms with E-state index in [-0.39, 0.29) is 12.8 Å². The minimum atomic E-state index is -0.168. The number of carbonyl (C=O) groups excluding carboxylic acids is 1. The summed E-state index contributed by atoms with van der Waals surface area (Å²) in [7, 11) is 1.40. The Hall–Kier alpha value is -2.35. The van der Waals surface area contributed by atoms with Gasteiger partial charge >= 0.3 is 5.97 Å². The topological polar surface area (TPSA) is 81.2 Å². The molecule has 136 valence electrons. The molecule has 0 bridgehead atoms. The lowest BCUT2D eigenvalue weighted by molar-refractivity contribution is -0.140. The zero-order valence-electron chi connectivity index (χ0n) is 14.5. The number of methoxy groups -OCH3 is 1. The Bertz CT molecular complexity index is 649. The molecule has 2 rings (SSSR count). The Kier molecular flexibility index (Phi) is 7.46. The van der Waals surface area contributed by atoms with Gasteiger partial charge in [0.05, 0.1) is 12.8 Å². The summed E-state index contributed by atoms with van der Waals surface area (Å²) in [6.07, 6.45) is 3.13. The molecule has 1 heterocycles. The van der Waals surface area contributed by atoms with Gasteiger partial charge in [-0.25, -0.2) is 0 Å². The third kappa shape index (κ3) is 6.22. The molecule has 0 spiro atoms. The van der Waals surface area contributed by atoms with Crippen LogP contribution in [-0.4, -0.2) is 37.2 Å². The highest BCUT2D eigenvalue weighted by Crippen LogP contribution is 2.32. The van der Waals surface area contributed by atoms with Crippen LogP contribution in [0.25, 0.3) is 0 Å². The molecule has 0 unspecified atom stereocenters. The maximum Gasteiger partial charge on any atom is 0.305 e. The van der Waals surface area contributed by atoms with E-state index in [2.05, 4.69) is 20.6 Å². The van der Waals surface area contributed by atoms with Crippen molar-refractivity contribution in [2.75, 3.05) is 20.4 Å². The van der Waals surface area contributed by atoms with E-state index < -0.39 is 0 Å². The summed E-state index contributed by atoms with van der Waals surface area (Å²) in [4.78, 5) is 11.0. The predicted molar refractivity (Wildman–Crippen MR) is 99.0 cm³/mol. The number of hydrogen-bond donors (Lipinski definition) is 2. The first-order chi connectivity index (χ1) is 12.1. The van der Waals surface area contributed by atoms with Crippen LogP contribution in [0.1, 0.15) is 38.2 Å². The van der Waals surface area contributed by atoms with Crippen LogP contribution in [-0.2, 0) is 9.53 Å². The number of unbranched alkanes of at least 4 members (excludes halogenated alkanes) is 2. The number of hydrogen-bond acceptors (Lipinski definition) is 6. The van der Waals surface area contributed by atoms with E-state index in [1.165, 1.54) is 7.11 Å². The summed E-state index contributed by atoms with van der Waals surface area (Å²) < 4.78 is 15.2. The van der Waals surface area contributed by atoms with Crippen LogP contribution in [0.2, 0.25) is 0 Å². The van der Waals surface area contributed by atoms with Crippen molar-refractivity contribution in [3.8, 4) is 11.5 Å². The van der Waals surface area contributed by atoms with Crippen LogP contribution in [0, 0.1) is 0 Å². The number of fused-ring (bicyclic) bond motifs is 1. The van der Waals surface area contributed by atoms with Gasteiger partial charge in [0, 0.05) is 18.5 Å². The van der Waals surface area contributed by atoms with Crippen LogP contribution < -0.4 is 20.2 Å². The van der Waals surface area contributed by atoms with Gasteiger partial charge in [0.2, 0.25) is 6.79 Å². The molecule has 1 aromatic rings. The molecule has 8 heteroatoms. The lowest BCUT2D eigenvalue weighted by Gasteiger charge is -2.08. The van der Waals surface area contributed by atoms with Gasteiger partial charge in [-0.1, -0.05) is 6.42 Å². The fourth-order valence-electron chi connectivity index (χ4n) is 2.24. The first kappa shape index (κ1) is 19.0. The molecule has 0 atom stereocenters. The highest BCUT2D eigenvalue weighted by molar-refractivity contribution is 7.80. The standard InChI is InChI=1S/C17H23N3O4S/c1-12(13-7-8-14-15(10-13)24-11-23-14)19-20-17(25)18-9-5-3-4-6-16(21)22-2/h7-8,10H,3-6,9,11H2,1-2H3,(H2,18,20,25)/b19-12-. The molecule has 0 radical (unpaired) electrons. The second kappa shape index (κ2) is 9.83. The third-order valence-corrected chi connectivity index (χ3v) is 3.92. The molecule has 0 amide bonds. The van der Waals surface area contributed by atoms with E-state index in [0.29, 0.717) is 11.5 Å². The molecule has 1 aromatic carbocycles. The number of ether oxygens (including phenoxy) is 3. The third-order valence-electron chi connectivity index (χ3n) is 3.69. The molecular weight excluding hydrogens is 342 g/mol. The van der Waals surface area contributed by atoms with Crippen molar-refractivity contribution >= 4 is 29.0 Å². The minimum Gasteiger partial charge on any atom is -0.469 e. The Morgan fingerprint density at radius 1 is 1.28 bits per heavy atom. The highest BCUT2D eigenvalue weighted by Gasteiger charge is 2.14. The molecule has 0 saturated carbocycles. The SMILES string of the molecule is COC(=O)CCCCCNC(=S)N/N=C(/C)c1ccc2c(c1)OCO2. The van der Waals surface area contributed by atoms with Crippen LogP contribution in [0.15, 0.2) is 23.3 Å². The number of hydrazone groups is 1. The monoisotopic (exact) mass is 365 g/mol. The van der Waals surface area contributed by atoms with E-state index >= 15 is 0 Å². The molecule has 7 nitrogen and oxygen atoms in total. The van der Waals surface area contributed by atoms with Gasteiger partial charge in [0.15, 0.2) is 16.6 Å². The number of benzene rings is 1. The summed E-state index contributed by atoms with van der Waals surface area (Å²) >= 11 is 5.19. The molecule has 1 aliphatic rings. The fourth-order valence-corrected chi connectivity index (χ4v) is 2.38. The number of carbonyl (C=O) groups is 1. The predicted octanol–water partition coefficient (Wildman–Crippen LogP) is 2.34. The molecule has 1 aliphatic heterocycles. The van der Waals surface area contributed by atoms with Crippen LogP contribution in [0.3, 0.4) is 0 Å². The van der Waals surface area contributed by atoms with Gasteiger partial charge < -0.3 is 19.5 Å². The van der Waals surface area contributed by atoms with Crippen LogP contribution in [0.4, 0.5) is 0 Å². The van der Waals surface area contributed by atoms with Gasteiger partial charge in [-0.15, -0.1) is 0 Å². The Balaban J connectivity index is 1.66. The number of nitrogens with zero attached hydrogens (tertiary/aromatic N) is 1. The van der Waals surface area contributed by atoms with Gasteiger partial charge in [0.25, 0.3) is 0 Å². The fraction of sp³-hybridized carbons (Fsp3) is 0.471. The van der Waals surface area contributed by atoms with Crippen LogP contribution >= 0.6 is 12.2 Å². The Morgan fingerprint density at radius 2 is 2.08 bits per heavy atom. The lowest BCUT2D eigenvalue weighted by Crippen LogP contribution is -2.33. The van der Waals surface area contributed by atoms with E-state index in [9.17, 15) is 4.79 Å². The molecule has 0 aliphatic carbocycles. The summed E-state index contributed by atoms with van der Waals surface area (Å²) in [5.74, 6) is 1.30. The maximum atomic E-state index is 11.0. The molecule has 0 aromatic heterocycles. The number of rotatable bonds is 8. The largest absolute Gasteiger partial charge is 0.469 e. The maximum absolute atomic E-state index is 11.0. The van der Waals surface area contributed by atoms with Gasteiger partial charge in [-0.05, 0) is 50.2 Å². The number of nitrogens with one attached hydrogen (secondary N) is 2. The summed E-state index contributed by atoms with van der Waals surface area (Å²) in [6, 6.07) is 5.67. The highest BCUT2D eigenvalue weighted by atomic mass is 32.1. The van der Waals surface area contributed by atoms with Crippen molar-refractivity contribution in [1.82, 2.24) is 10.7 Å². The van der Waals surface area contributed by atoms with Crippen molar-refractivity contribution in [2.45, 2.75) is 32.6 Å². The zero-order valence-corrected chi connectivity index (χ0v) is 15.3. The van der Waals surface area contributed by atoms with Crippen LogP contribution in [0.5, 0.6) is 11.5 Å². The molecular formula is C17H23N3O4S. The normalized spacial score (nSPS) is 12.6. The summed E-state index contributed by atoms with van der Waals surface area (Å²) in [6.45, 7) is 2.87. The van der Waals surface area contributed by atoms with E-state index in [1.807, 2.05) is 25.1 Å². The molecule has 0 fully saturated rings. The van der Waals surface area contributed by atoms with E-state index in [0.717, 1.165) is 48.6 Å². The molecule has 0 saturated heterocycles.